The number of carboxylic acid groups (broad SMARTS) is 1. The van der Waals surface area contributed by atoms with Gasteiger partial charge in [-0.1, -0.05) is 13.0 Å². The van der Waals surface area contributed by atoms with Crippen molar-refractivity contribution in [1.29, 1.82) is 0 Å². The number of aromatic nitrogens is 4. The highest BCUT2D eigenvalue weighted by atomic mass is 16.5. The molecule has 0 aliphatic heterocycles. The summed E-state index contributed by atoms with van der Waals surface area (Å²) in [5, 5.41) is 19.9. The summed E-state index contributed by atoms with van der Waals surface area (Å²) in [7, 11) is 0. The minimum atomic E-state index is -1.05. The van der Waals surface area contributed by atoms with E-state index in [4.69, 9.17) is 9.84 Å². The van der Waals surface area contributed by atoms with Crippen LogP contribution in [-0.2, 0) is 0 Å². The molecule has 1 aromatic carbocycles. The average molecular weight is 248 g/mol. The fourth-order valence-corrected chi connectivity index (χ4v) is 1.50. The Morgan fingerprint density at radius 1 is 1.50 bits per heavy atom. The van der Waals surface area contributed by atoms with E-state index in [1.165, 1.54) is 17.1 Å². The van der Waals surface area contributed by atoms with Gasteiger partial charge in [-0.15, -0.1) is 5.10 Å². The first-order valence-corrected chi connectivity index (χ1v) is 5.46. The maximum Gasteiger partial charge on any atom is 0.339 e. The van der Waals surface area contributed by atoms with Crippen molar-refractivity contribution in [2.45, 2.75) is 13.3 Å². The van der Waals surface area contributed by atoms with E-state index in [2.05, 4.69) is 15.5 Å². The molecule has 0 aliphatic rings. The van der Waals surface area contributed by atoms with Gasteiger partial charge in [0.15, 0.2) is 5.75 Å². The number of aromatic carboxylic acids is 1. The van der Waals surface area contributed by atoms with Crippen molar-refractivity contribution >= 4 is 5.97 Å². The van der Waals surface area contributed by atoms with Gasteiger partial charge in [-0.05, 0) is 29.0 Å². The van der Waals surface area contributed by atoms with E-state index in [1.54, 1.807) is 12.1 Å². The van der Waals surface area contributed by atoms with Crippen LogP contribution < -0.4 is 4.74 Å². The molecule has 18 heavy (non-hydrogen) atoms. The number of carboxylic acids is 1. The van der Waals surface area contributed by atoms with Crippen LogP contribution in [-0.4, -0.2) is 37.9 Å². The molecule has 1 heterocycles. The maximum absolute atomic E-state index is 11.2. The van der Waals surface area contributed by atoms with Gasteiger partial charge in [-0.25, -0.2) is 4.79 Å². The molecule has 1 N–H and O–H groups in total. The fourth-order valence-electron chi connectivity index (χ4n) is 1.50. The Labute approximate surface area is 103 Å². The molecule has 2 rings (SSSR count). The van der Waals surface area contributed by atoms with Gasteiger partial charge in [-0.3, -0.25) is 0 Å². The predicted octanol–water partition coefficient (Wildman–Crippen LogP) is 1.15. The van der Waals surface area contributed by atoms with Gasteiger partial charge in [0.25, 0.3) is 0 Å². The molecule has 94 valence electrons. The predicted molar refractivity (Wildman–Crippen MR) is 61.9 cm³/mol. The number of para-hydroxylation sites is 1. The molecule has 0 saturated heterocycles. The van der Waals surface area contributed by atoms with Crippen LogP contribution in [0, 0.1) is 0 Å². The Morgan fingerprint density at radius 2 is 2.33 bits per heavy atom. The second-order valence-corrected chi connectivity index (χ2v) is 3.56. The molecule has 0 radical (unpaired) electrons. The van der Waals surface area contributed by atoms with Crippen molar-refractivity contribution in [3.05, 3.63) is 30.1 Å². The first-order chi connectivity index (χ1) is 8.74. The van der Waals surface area contributed by atoms with Gasteiger partial charge in [-0.2, -0.15) is 4.68 Å². The molecular formula is C11H12N4O3. The van der Waals surface area contributed by atoms with E-state index in [-0.39, 0.29) is 11.3 Å². The molecule has 0 bridgehead atoms. The average Bonchev–Trinajstić information content (AvgIpc) is 2.89. The van der Waals surface area contributed by atoms with E-state index < -0.39 is 5.97 Å². The Bertz CT molecular complexity index is 539. The number of carbonyl (C=O) groups is 1. The smallest absolute Gasteiger partial charge is 0.339 e. The Morgan fingerprint density at radius 3 is 2.94 bits per heavy atom. The van der Waals surface area contributed by atoms with Crippen molar-refractivity contribution in [3.63, 3.8) is 0 Å². The monoisotopic (exact) mass is 248 g/mol. The van der Waals surface area contributed by atoms with Crippen LogP contribution in [0.15, 0.2) is 24.5 Å². The Balaban J connectivity index is 2.51. The lowest BCUT2D eigenvalue weighted by atomic mass is 10.1. The number of tetrazole rings is 1. The van der Waals surface area contributed by atoms with E-state index in [0.717, 1.165) is 6.42 Å². The second-order valence-electron chi connectivity index (χ2n) is 3.56. The van der Waals surface area contributed by atoms with Gasteiger partial charge in [0.1, 0.15) is 17.6 Å². The summed E-state index contributed by atoms with van der Waals surface area (Å²) in [5.74, 6) is -0.768. The van der Waals surface area contributed by atoms with E-state index >= 15 is 0 Å². The van der Waals surface area contributed by atoms with Crippen molar-refractivity contribution in [2.75, 3.05) is 6.61 Å². The molecular weight excluding hydrogens is 236 g/mol. The second kappa shape index (κ2) is 5.26. The normalized spacial score (nSPS) is 10.3. The molecule has 2 aromatic rings. The van der Waals surface area contributed by atoms with Crippen molar-refractivity contribution in [1.82, 2.24) is 20.2 Å². The van der Waals surface area contributed by atoms with Gasteiger partial charge in [0.2, 0.25) is 0 Å². The molecule has 7 heteroatoms. The molecule has 0 amide bonds. The van der Waals surface area contributed by atoms with Gasteiger partial charge in [0.05, 0.1) is 6.61 Å². The highest BCUT2D eigenvalue weighted by molar-refractivity contribution is 5.92. The number of hydrogen-bond acceptors (Lipinski definition) is 5. The fraction of sp³-hybridized carbons (Fsp3) is 0.273. The largest absolute Gasteiger partial charge is 0.490 e. The van der Waals surface area contributed by atoms with Gasteiger partial charge < -0.3 is 9.84 Å². The summed E-state index contributed by atoms with van der Waals surface area (Å²) >= 11 is 0. The minimum absolute atomic E-state index is 0.0939. The lowest BCUT2D eigenvalue weighted by Crippen LogP contribution is -2.08. The third-order valence-electron chi connectivity index (χ3n) is 2.27. The van der Waals surface area contributed by atoms with Crippen LogP contribution in [0.3, 0.4) is 0 Å². The summed E-state index contributed by atoms with van der Waals surface area (Å²) in [5.41, 5.74) is 0.602. The quantitative estimate of drug-likeness (QED) is 0.853. The van der Waals surface area contributed by atoms with E-state index in [0.29, 0.717) is 12.3 Å². The SMILES string of the molecule is CCCOc1c(C(=O)O)cccc1-n1cnnn1. The zero-order valence-electron chi connectivity index (χ0n) is 9.78. The molecule has 7 nitrogen and oxygen atoms in total. The van der Waals surface area contributed by atoms with Gasteiger partial charge >= 0.3 is 5.97 Å². The molecule has 0 fully saturated rings. The highest BCUT2D eigenvalue weighted by Crippen LogP contribution is 2.27. The summed E-state index contributed by atoms with van der Waals surface area (Å²) < 4.78 is 6.88. The zero-order valence-corrected chi connectivity index (χ0v) is 9.78. The third kappa shape index (κ3) is 2.29. The zero-order chi connectivity index (χ0) is 13.0. The summed E-state index contributed by atoms with van der Waals surface area (Å²) in [6.07, 6.45) is 2.17. The maximum atomic E-state index is 11.2. The lowest BCUT2D eigenvalue weighted by molar-refractivity contribution is 0.0692. The van der Waals surface area contributed by atoms with Crippen molar-refractivity contribution in [3.8, 4) is 11.4 Å². The molecule has 0 aliphatic carbocycles. The van der Waals surface area contributed by atoms with Crippen LogP contribution in [0.2, 0.25) is 0 Å². The summed E-state index contributed by atoms with van der Waals surface area (Å²) in [6.45, 7) is 2.37. The standard InChI is InChI=1S/C11H12N4O3/c1-2-6-18-10-8(11(16)17)4-3-5-9(10)15-7-12-13-14-15/h3-5,7H,2,6H2,1H3,(H,16,17). The van der Waals surface area contributed by atoms with Crippen LogP contribution in [0.4, 0.5) is 0 Å². The number of hydrogen-bond donors (Lipinski definition) is 1. The first-order valence-electron chi connectivity index (χ1n) is 5.46. The van der Waals surface area contributed by atoms with Crippen LogP contribution in [0.25, 0.3) is 5.69 Å². The van der Waals surface area contributed by atoms with Crippen LogP contribution in [0.1, 0.15) is 23.7 Å². The van der Waals surface area contributed by atoms with Crippen LogP contribution in [0.5, 0.6) is 5.75 Å². The first kappa shape index (κ1) is 12.0. The van der Waals surface area contributed by atoms with Crippen molar-refractivity contribution in [2.24, 2.45) is 0 Å². The van der Waals surface area contributed by atoms with Gasteiger partial charge in [0, 0.05) is 0 Å². The van der Waals surface area contributed by atoms with Crippen LogP contribution >= 0.6 is 0 Å². The number of rotatable bonds is 5. The Hall–Kier alpha value is -2.44. The molecule has 1 aromatic heterocycles. The summed E-state index contributed by atoms with van der Waals surface area (Å²) in [6, 6.07) is 4.81. The van der Waals surface area contributed by atoms with E-state index in [9.17, 15) is 4.79 Å². The molecule has 0 atom stereocenters. The van der Waals surface area contributed by atoms with Crippen molar-refractivity contribution < 1.29 is 14.6 Å². The number of nitrogens with zero attached hydrogens (tertiary/aromatic N) is 4. The summed E-state index contributed by atoms with van der Waals surface area (Å²) in [4.78, 5) is 11.2. The molecule has 0 unspecified atom stereocenters. The third-order valence-corrected chi connectivity index (χ3v) is 2.27. The number of benzene rings is 1. The Kier molecular flexibility index (Phi) is 3.52. The topological polar surface area (TPSA) is 90.1 Å². The molecule has 0 saturated carbocycles. The number of ether oxygens (including phenoxy) is 1. The minimum Gasteiger partial charge on any atom is -0.490 e. The molecule has 0 spiro atoms. The highest BCUT2D eigenvalue weighted by Gasteiger charge is 2.17. The lowest BCUT2D eigenvalue weighted by Gasteiger charge is -2.12. The van der Waals surface area contributed by atoms with E-state index in [1.807, 2.05) is 6.92 Å².